The Morgan fingerprint density at radius 2 is 1.95 bits per heavy atom. The molecule has 2 rings (SSSR count). The van der Waals surface area contributed by atoms with Gasteiger partial charge in [-0.05, 0) is 6.92 Å². The number of aromatic nitrogens is 3. The summed E-state index contributed by atoms with van der Waals surface area (Å²) >= 11 is 0. The normalized spacial score (nSPS) is 17.8. The minimum Gasteiger partial charge on any atom is -0.395 e. The monoisotopic (exact) mass is 297 g/mol. The molecule has 0 aliphatic carbocycles. The zero-order chi connectivity index (χ0) is 15.2. The first-order valence-electron chi connectivity index (χ1n) is 7.10. The Labute approximate surface area is 123 Å². The zero-order valence-electron chi connectivity index (χ0n) is 12.2. The molecule has 118 valence electrons. The van der Waals surface area contributed by atoms with Gasteiger partial charge in [-0.2, -0.15) is 15.0 Å². The van der Waals surface area contributed by atoms with Gasteiger partial charge in [-0.25, -0.2) is 0 Å². The fraction of sp³-hybridized carbons (Fsp3) is 0.750. The number of hydrogen-bond acceptors (Lipinski definition) is 9. The van der Waals surface area contributed by atoms with Crippen LogP contribution in [0.15, 0.2) is 0 Å². The van der Waals surface area contributed by atoms with E-state index in [-0.39, 0.29) is 12.6 Å². The van der Waals surface area contributed by atoms with Crippen LogP contribution >= 0.6 is 0 Å². The molecule has 5 N–H and O–H groups in total. The van der Waals surface area contributed by atoms with Crippen LogP contribution in [0.25, 0.3) is 0 Å². The predicted octanol–water partition coefficient (Wildman–Crippen LogP) is -1.64. The summed E-state index contributed by atoms with van der Waals surface area (Å²) in [5.74, 6) is 1.07. The summed E-state index contributed by atoms with van der Waals surface area (Å²) in [6.07, 6.45) is -0.492. The summed E-state index contributed by atoms with van der Waals surface area (Å²) in [7, 11) is 0. The molecule has 1 aliphatic rings. The molecule has 0 saturated carbocycles. The molecule has 2 heterocycles. The van der Waals surface area contributed by atoms with Gasteiger partial charge in [0.25, 0.3) is 0 Å². The third-order valence-corrected chi connectivity index (χ3v) is 3.27. The molecule has 1 fully saturated rings. The molecule has 0 bridgehead atoms. The van der Waals surface area contributed by atoms with E-state index in [4.69, 9.17) is 10.8 Å². The summed E-state index contributed by atoms with van der Waals surface area (Å²) in [6, 6.07) is 0. The highest BCUT2D eigenvalue weighted by Crippen LogP contribution is 2.14. The third kappa shape index (κ3) is 4.66. The molecule has 9 nitrogen and oxygen atoms in total. The number of hydrogen-bond donors (Lipinski definition) is 4. The van der Waals surface area contributed by atoms with Crippen molar-refractivity contribution in [1.82, 2.24) is 19.9 Å². The van der Waals surface area contributed by atoms with Crippen LogP contribution in [-0.4, -0.2) is 82.0 Å². The number of rotatable bonds is 6. The Bertz CT molecular complexity index is 449. The maximum Gasteiger partial charge on any atom is 0.232 e. The number of anilines is 3. The number of aliphatic hydroxyl groups excluding tert-OH is 2. The Kier molecular flexibility index (Phi) is 5.48. The first kappa shape index (κ1) is 15.7. The van der Waals surface area contributed by atoms with Crippen LogP contribution in [0, 0.1) is 0 Å². The van der Waals surface area contributed by atoms with Gasteiger partial charge in [0.05, 0.1) is 12.7 Å². The van der Waals surface area contributed by atoms with E-state index in [0.29, 0.717) is 25.0 Å². The van der Waals surface area contributed by atoms with Crippen LogP contribution in [0.5, 0.6) is 0 Å². The van der Waals surface area contributed by atoms with Crippen LogP contribution in [0.3, 0.4) is 0 Å². The Morgan fingerprint density at radius 3 is 2.57 bits per heavy atom. The Hall–Kier alpha value is -1.71. The third-order valence-electron chi connectivity index (χ3n) is 3.27. The molecule has 1 atom stereocenters. The molecule has 0 amide bonds. The second-order valence-electron chi connectivity index (χ2n) is 5.10. The van der Waals surface area contributed by atoms with Crippen molar-refractivity contribution in [2.24, 2.45) is 0 Å². The van der Waals surface area contributed by atoms with Crippen molar-refractivity contribution >= 4 is 17.8 Å². The van der Waals surface area contributed by atoms with Crippen molar-refractivity contribution in [1.29, 1.82) is 0 Å². The van der Waals surface area contributed by atoms with E-state index in [1.807, 2.05) is 4.90 Å². The SMILES string of the molecule is CC(O)CNc1nc(N)nc(N2CCN(CCO)CC2)n1. The topological polar surface area (TPSA) is 124 Å². The molecule has 1 saturated heterocycles. The lowest BCUT2D eigenvalue weighted by Gasteiger charge is -2.34. The van der Waals surface area contributed by atoms with Gasteiger partial charge in [0, 0.05) is 39.3 Å². The van der Waals surface area contributed by atoms with E-state index < -0.39 is 6.10 Å². The van der Waals surface area contributed by atoms with Crippen LogP contribution in [0.1, 0.15) is 6.92 Å². The highest BCUT2D eigenvalue weighted by molar-refractivity contribution is 5.42. The van der Waals surface area contributed by atoms with Gasteiger partial charge in [-0.3, -0.25) is 4.90 Å². The molecule has 9 heteroatoms. The van der Waals surface area contributed by atoms with E-state index in [2.05, 4.69) is 25.2 Å². The lowest BCUT2D eigenvalue weighted by molar-refractivity contribution is 0.188. The Morgan fingerprint density at radius 1 is 1.24 bits per heavy atom. The quantitative estimate of drug-likeness (QED) is 0.489. The maximum absolute atomic E-state index is 9.28. The van der Waals surface area contributed by atoms with Crippen LogP contribution in [0.4, 0.5) is 17.8 Å². The maximum atomic E-state index is 9.28. The average Bonchev–Trinajstić information content (AvgIpc) is 2.46. The molecule has 21 heavy (non-hydrogen) atoms. The number of nitrogens with two attached hydrogens (primary N) is 1. The van der Waals surface area contributed by atoms with Crippen molar-refractivity contribution in [2.75, 3.05) is 61.8 Å². The lowest BCUT2D eigenvalue weighted by atomic mass is 10.3. The van der Waals surface area contributed by atoms with Gasteiger partial charge >= 0.3 is 0 Å². The molecular weight excluding hydrogens is 274 g/mol. The molecule has 1 aromatic heterocycles. The molecule has 1 aromatic rings. The van der Waals surface area contributed by atoms with Crippen molar-refractivity contribution in [3.05, 3.63) is 0 Å². The van der Waals surface area contributed by atoms with Crippen LogP contribution in [0.2, 0.25) is 0 Å². The van der Waals surface area contributed by atoms with Gasteiger partial charge in [0.15, 0.2) is 0 Å². The highest BCUT2D eigenvalue weighted by Gasteiger charge is 2.19. The first-order valence-corrected chi connectivity index (χ1v) is 7.10. The number of β-amino-alcohol motifs (C(OH)–C–C–N with tert-alkyl or cyclic N) is 1. The van der Waals surface area contributed by atoms with Gasteiger partial charge in [0.1, 0.15) is 0 Å². The molecule has 0 aromatic carbocycles. The van der Waals surface area contributed by atoms with Crippen molar-refractivity contribution < 1.29 is 10.2 Å². The molecule has 0 radical (unpaired) electrons. The van der Waals surface area contributed by atoms with Gasteiger partial charge in [-0.15, -0.1) is 0 Å². The van der Waals surface area contributed by atoms with Crippen LogP contribution < -0.4 is 16.0 Å². The fourth-order valence-corrected chi connectivity index (χ4v) is 2.15. The number of aliphatic hydroxyl groups is 2. The van der Waals surface area contributed by atoms with E-state index in [1.165, 1.54) is 0 Å². The summed E-state index contributed by atoms with van der Waals surface area (Å²) in [4.78, 5) is 16.7. The lowest BCUT2D eigenvalue weighted by Crippen LogP contribution is -2.47. The first-order chi connectivity index (χ1) is 10.1. The largest absolute Gasteiger partial charge is 0.395 e. The predicted molar refractivity (Wildman–Crippen MR) is 80.1 cm³/mol. The fourth-order valence-electron chi connectivity index (χ4n) is 2.15. The smallest absolute Gasteiger partial charge is 0.232 e. The number of nitrogen functional groups attached to an aromatic ring is 1. The standard InChI is InChI=1S/C12H23N7O2/c1-9(21)8-14-11-15-10(13)16-12(17-11)19-4-2-18(3-5-19)6-7-20/h9,20-21H,2-8H2,1H3,(H3,13,14,15,16,17). The molecular formula is C12H23N7O2. The number of nitrogens with zero attached hydrogens (tertiary/aromatic N) is 5. The van der Waals surface area contributed by atoms with Gasteiger partial charge in [-0.1, -0.05) is 0 Å². The molecule has 1 unspecified atom stereocenters. The zero-order valence-corrected chi connectivity index (χ0v) is 12.2. The van der Waals surface area contributed by atoms with E-state index in [9.17, 15) is 5.11 Å². The van der Waals surface area contributed by atoms with Crippen LogP contribution in [-0.2, 0) is 0 Å². The minimum absolute atomic E-state index is 0.158. The second-order valence-corrected chi connectivity index (χ2v) is 5.10. The number of nitrogens with one attached hydrogen (secondary N) is 1. The van der Waals surface area contributed by atoms with Gasteiger partial charge < -0.3 is 26.2 Å². The Balaban J connectivity index is 1.99. The molecule has 0 spiro atoms. The summed E-state index contributed by atoms with van der Waals surface area (Å²) < 4.78 is 0. The van der Waals surface area contributed by atoms with Crippen molar-refractivity contribution in [3.8, 4) is 0 Å². The second kappa shape index (κ2) is 7.34. The summed E-state index contributed by atoms with van der Waals surface area (Å²) in [5, 5.41) is 21.2. The molecule has 1 aliphatic heterocycles. The van der Waals surface area contributed by atoms with Crippen molar-refractivity contribution in [2.45, 2.75) is 13.0 Å². The summed E-state index contributed by atoms with van der Waals surface area (Å²) in [6.45, 7) is 6.15. The van der Waals surface area contributed by atoms with E-state index in [0.717, 1.165) is 26.2 Å². The minimum atomic E-state index is -0.492. The van der Waals surface area contributed by atoms with E-state index >= 15 is 0 Å². The number of piperazine rings is 1. The average molecular weight is 297 g/mol. The summed E-state index contributed by atoms with van der Waals surface area (Å²) in [5.41, 5.74) is 5.71. The van der Waals surface area contributed by atoms with Gasteiger partial charge in [0.2, 0.25) is 17.8 Å². The van der Waals surface area contributed by atoms with Crippen molar-refractivity contribution in [3.63, 3.8) is 0 Å². The van der Waals surface area contributed by atoms with E-state index in [1.54, 1.807) is 6.92 Å². The highest BCUT2D eigenvalue weighted by atomic mass is 16.3.